The summed E-state index contributed by atoms with van der Waals surface area (Å²) in [4.78, 5) is 14.3. The van der Waals surface area contributed by atoms with Crippen LogP contribution in [-0.2, 0) is 9.53 Å². The minimum Gasteiger partial charge on any atom is -0.381 e. The fourth-order valence-electron chi connectivity index (χ4n) is 3.56. The second-order valence-electron chi connectivity index (χ2n) is 6.60. The van der Waals surface area contributed by atoms with E-state index in [1.54, 1.807) is 0 Å². The standard InChI is InChI=1S/C18H25ClN2O2/c1-13(20-12-14-8-10-23-11-9-14)17-6-7-18(22)21(17)16-4-2-15(19)3-5-16/h2-5,13-14,17,20H,6-12H2,1H3. The fraction of sp³-hybridized carbons (Fsp3) is 0.611. The van der Waals surface area contributed by atoms with E-state index in [0.29, 0.717) is 17.4 Å². The summed E-state index contributed by atoms with van der Waals surface area (Å²) >= 11 is 5.96. The van der Waals surface area contributed by atoms with E-state index < -0.39 is 0 Å². The summed E-state index contributed by atoms with van der Waals surface area (Å²) in [5, 5.41) is 4.35. The van der Waals surface area contributed by atoms with Gasteiger partial charge in [0.1, 0.15) is 0 Å². The number of halogens is 1. The van der Waals surface area contributed by atoms with E-state index >= 15 is 0 Å². The van der Waals surface area contributed by atoms with E-state index in [4.69, 9.17) is 16.3 Å². The first-order valence-electron chi connectivity index (χ1n) is 8.54. The van der Waals surface area contributed by atoms with Gasteiger partial charge in [0.2, 0.25) is 5.91 Å². The molecule has 4 nitrogen and oxygen atoms in total. The zero-order valence-electron chi connectivity index (χ0n) is 13.6. The number of rotatable bonds is 5. The van der Waals surface area contributed by atoms with E-state index in [0.717, 1.165) is 44.7 Å². The van der Waals surface area contributed by atoms with Gasteiger partial charge in [-0.2, -0.15) is 0 Å². The molecular formula is C18H25ClN2O2. The lowest BCUT2D eigenvalue weighted by atomic mass is 9.99. The Balaban J connectivity index is 1.62. The maximum absolute atomic E-state index is 12.3. The maximum atomic E-state index is 12.3. The Bertz CT molecular complexity index is 528. The van der Waals surface area contributed by atoms with E-state index in [1.807, 2.05) is 29.2 Å². The molecule has 0 radical (unpaired) electrons. The van der Waals surface area contributed by atoms with Crippen molar-refractivity contribution < 1.29 is 9.53 Å². The highest BCUT2D eigenvalue weighted by Gasteiger charge is 2.35. The monoisotopic (exact) mass is 336 g/mol. The van der Waals surface area contributed by atoms with Crippen LogP contribution in [0.1, 0.15) is 32.6 Å². The van der Waals surface area contributed by atoms with Gasteiger partial charge in [0.15, 0.2) is 0 Å². The second-order valence-corrected chi connectivity index (χ2v) is 7.04. The molecule has 0 bridgehead atoms. The quantitative estimate of drug-likeness (QED) is 0.897. The first kappa shape index (κ1) is 16.7. The zero-order valence-corrected chi connectivity index (χ0v) is 14.4. The number of ether oxygens (including phenoxy) is 1. The van der Waals surface area contributed by atoms with Crippen LogP contribution in [-0.4, -0.2) is 37.7 Å². The number of anilines is 1. The molecule has 2 heterocycles. The molecule has 0 saturated carbocycles. The minimum atomic E-state index is 0.206. The maximum Gasteiger partial charge on any atom is 0.227 e. The molecule has 0 aromatic heterocycles. The van der Waals surface area contributed by atoms with Crippen LogP contribution in [0.25, 0.3) is 0 Å². The average molecular weight is 337 g/mol. The Morgan fingerprint density at radius 1 is 1.26 bits per heavy atom. The van der Waals surface area contributed by atoms with Gasteiger partial charge in [0.25, 0.3) is 0 Å². The van der Waals surface area contributed by atoms with Crippen molar-refractivity contribution in [2.45, 2.75) is 44.7 Å². The Morgan fingerprint density at radius 3 is 2.65 bits per heavy atom. The summed E-state index contributed by atoms with van der Waals surface area (Å²) in [5.41, 5.74) is 0.946. The summed E-state index contributed by atoms with van der Waals surface area (Å²) in [6.45, 7) is 4.94. The number of benzene rings is 1. The molecule has 1 amide bonds. The van der Waals surface area contributed by atoms with Crippen LogP contribution < -0.4 is 10.2 Å². The highest BCUT2D eigenvalue weighted by atomic mass is 35.5. The first-order chi connectivity index (χ1) is 11.1. The molecule has 23 heavy (non-hydrogen) atoms. The highest BCUT2D eigenvalue weighted by Crippen LogP contribution is 2.29. The molecule has 2 atom stereocenters. The van der Waals surface area contributed by atoms with Crippen molar-refractivity contribution in [1.82, 2.24) is 5.32 Å². The van der Waals surface area contributed by atoms with E-state index in [-0.39, 0.29) is 18.0 Å². The summed E-state index contributed by atoms with van der Waals surface area (Å²) in [5.74, 6) is 0.893. The molecular weight excluding hydrogens is 312 g/mol. The van der Waals surface area contributed by atoms with Gasteiger partial charge in [0, 0.05) is 36.4 Å². The van der Waals surface area contributed by atoms with Gasteiger partial charge < -0.3 is 15.0 Å². The third kappa shape index (κ3) is 4.06. The number of carbonyl (C=O) groups excluding carboxylic acids is 1. The van der Waals surface area contributed by atoms with Crippen LogP contribution in [0, 0.1) is 5.92 Å². The lowest BCUT2D eigenvalue weighted by Crippen LogP contribution is -2.48. The normalized spacial score (nSPS) is 24.2. The van der Waals surface area contributed by atoms with Gasteiger partial charge in [-0.05, 0) is 62.9 Å². The lowest BCUT2D eigenvalue weighted by molar-refractivity contribution is -0.117. The molecule has 2 saturated heterocycles. The SMILES string of the molecule is CC(NCC1CCOCC1)C1CCC(=O)N1c1ccc(Cl)cc1. The van der Waals surface area contributed by atoms with Crippen molar-refractivity contribution in [2.24, 2.45) is 5.92 Å². The summed E-state index contributed by atoms with van der Waals surface area (Å²) < 4.78 is 5.41. The van der Waals surface area contributed by atoms with Crippen LogP contribution in [0.3, 0.4) is 0 Å². The number of nitrogens with zero attached hydrogens (tertiary/aromatic N) is 1. The van der Waals surface area contributed by atoms with E-state index in [9.17, 15) is 4.79 Å². The molecule has 1 aromatic rings. The van der Waals surface area contributed by atoms with Crippen LogP contribution in [0.5, 0.6) is 0 Å². The number of hydrogen-bond acceptors (Lipinski definition) is 3. The van der Waals surface area contributed by atoms with Crippen molar-refractivity contribution >= 4 is 23.2 Å². The minimum absolute atomic E-state index is 0.206. The van der Waals surface area contributed by atoms with Crippen LogP contribution >= 0.6 is 11.6 Å². The first-order valence-corrected chi connectivity index (χ1v) is 8.91. The van der Waals surface area contributed by atoms with Crippen molar-refractivity contribution in [3.8, 4) is 0 Å². The Morgan fingerprint density at radius 2 is 1.96 bits per heavy atom. The summed E-state index contributed by atoms with van der Waals surface area (Å²) in [6.07, 6.45) is 3.79. The van der Waals surface area contributed by atoms with Gasteiger partial charge in [-0.3, -0.25) is 4.79 Å². The van der Waals surface area contributed by atoms with Gasteiger partial charge in [-0.15, -0.1) is 0 Å². The van der Waals surface area contributed by atoms with Gasteiger partial charge in [0.05, 0.1) is 6.04 Å². The largest absolute Gasteiger partial charge is 0.381 e. The third-order valence-corrected chi connectivity index (χ3v) is 5.26. The van der Waals surface area contributed by atoms with Crippen molar-refractivity contribution in [3.05, 3.63) is 29.3 Å². The Hall–Kier alpha value is -1.10. The second kappa shape index (κ2) is 7.65. The smallest absolute Gasteiger partial charge is 0.227 e. The van der Waals surface area contributed by atoms with Crippen LogP contribution in [0.15, 0.2) is 24.3 Å². The molecule has 2 fully saturated rings. The molecule has 2 unspecified atom stereocenters. The molecule has 1 aromatic carbocycles. The predicted molar refractivity (Wildman–Crippen MR) is 93.0 cm³/mol. The summed E-state index contributed by atoms with van der Waals surface area (Å²) in [7, 11) is 0. The van der Waals surface area contributed by atoms with E-state index in [2.05, 4.69) is 12.2 Å². The number of carbonyl (C=O) groups is 1. The lowest BCUT2D eigenvalue weighted by Gasteiger charge is -2.32. The molecule has 126 valence electrons. The number of nitrogens with one attached hydrogen (secondary N) is 1. The van der Waals surface area contributed by atoms with Gasteiger partial charge in [-0.1, -0.05) is 11.6 Å². The molecule has 0 spiro atoms. The predicted octanol–water partition coefficient (Wildman–Crippen LogP) is 3.24. The number of hydrogen-bond donors (Lipinski definition) is 1. The highest BCUT2D eigenvalue weighted by molar-refractivity contribution is 6.30. The van der Waals surface area contributed by atoms with E-state index in [1.165, 1.54) is 0 Å². The van der Waals surface area contributed by atoms with Gasteiger partial charge >= 0.3 is 0 Å². The molecule has 1 N–H and O–H groups in total. The average Bonchev–Trinajstić information content (AvgIpc) is 2.96. The van der Waals surface area contributed by atoms with Crippen molar-refractivity contribution in [3.63, 3.8) is 0 Å². The van der Waals surface area contributed by atoms with Crippen molar-refractivity contribution in [1.29, 1.82) is 0 Å². The van der Waals surface area contributed by atoms with Gasteiger partial charge in [-0.25, -0.2) is 0 Å². The zero-order chi connectivity index (χ0) is 16.2. The molecule has 2 aliphatic rings. The molecule has 3 rings (SSSR count). The Labute approximate surface area is 143 Å². The third-order valence-electron chi connectivity index (χ3n) is 5.01. The molecule has 2 aliphatic heterocycles. The van der Waals surface area contributed by atoms with Crippen LogP contribution in [0.4, 0.5) is 5.69 Å². The Kier molecular flexibility index (Phi) is 5.57. The molecule has 0 aliphatic carbocycles. The van der Waals surface area contributed by atoms with Crippen molar-refractivity contribution in [2.75, 3.05) is 24.7 Å². The van der Waals surface area contributed by atoms with Crippen LogP contribution in [0.2, 0.25) is 5.02 Å². The molecule has 5 heteroatoms. The summed E-state index contributed by atoms with van der Waals surface area (Å²) in [6, 6.07) is 8.05. The topological polar surface area (TPSA) is 41.6 Å². The fourth-order valence-corrected chi connectivity index (χ4v) is 3.68. The number of amides is 1.